The van der Waals surface area contributed by atoms with Crippen LogP contribution in [-0.2, 0) is 0 Å². The number of carboxylic acids is 1. The van der Waals surface area contributed by atoms with Gasteiger partial charge in [-0.3, -0.25) is 4.79 Å². The van der Waals surface area contributed by atoms with E-state index in [1.54, 1.807) is 49.6 Å². The Kier molecular flexibility index (Phi) is 5.37. The molecule has 0 saturated heterocycles. The van der Waals surface area contributed by atoms with E-state index in [0.29, 0.717) is 22.7 Å². The highest BCUT2D eigenvalue weighted by Gasteiger charge is 2.16. The molecular formula is C21H18N2O4. The molecule has 6 nitrogen and oxygen atoms in total. The Bertz CT molecular complexity index is 985. The molecule has 0 aliphatic heterocycles. The van der Waals surface area contributed by atoms with Crippen molar-refractivity contribution in [2.75, 3.05) is 17.7 Å². The normalized spacial score (nSPS) is 10.1. The summed E-state index contributed by atoms with van der Waals surface area (Å²) in [5, 5.41) is 15.1. The third-order valence-electron chi connectivity index (χ3n) is 3.95. The zero-order chi connectivity index (χ0) is 19.2. The minimum atomic E-state index is -1.11. The van der Waals surface area contributed by atoms with Gasteiger partial charge in [-0.1, -0.05) is 36.4 Å². The maximum Gasteiger partial charge on any atom is 0.337 e. The number of benzene rings is 3. The van der Waals surface area contributed by atoms with Gasteiger partial charge in [0.1, 0.15) is 5.75 Å². The second-order valence-corrected chi connectivity index (χ2v) is 5.68. The fourth-order valence-corrected chi connectivity index (χ4v) is 2.65. The number of carbonyl (C=O) groups is 2. The topological polar surface area (TPSA) is 87.7 Å². The molecule has 136 valence electrons. The number of anilines is 3. The van der Waals surface area contributed by atoms with Crippen molar-refractivity contribution in [3.63, 3.8) is 0 Å². The molecule has 0 radical (unpaired) electrons. The van der Waals surface area contributed by atoms with E-state index in [2.05, 4.69) is 10.6 Å². The highest BCUT2D eigenvalue weighted by atomic mass is 16.5. The van der Waals surface area contributed by atoms with Crippen molar-refractivity contribution in [3.05, 3.63) is 83.9 Å². The monoisotopic (exact) mass is 362 g/mol. The minimum Gasteiger partial charge on any atom is -0.495 e. The standard InChI is InChI=1S/C21H18N2O4/c1-27-19-13-7-6-12-18(19)22-16-10-4-2-8-14(16)20(24)23-17-11-5-3-9-15(17)21(25)26/h2-13,22H,1H3,(H,23,24)(H,25,26). The molecule has 6 heteroatoms. The molecule has 0 spiro atoms. The fourth-order valence-electron chi connectivity index (χ4n) is 2.65. The number of hydrogen-bond acceptors (Lipinski definition) is 4. The van der Waals surface area contributed by atoms with Gasteiger partial charge in [0.05, 0.1) is 35.3 Å². The van der Waals surface area contributed by atoms with Crippen molar-refractivity contribution in [1.82, 2.24) is 0 Å². The van der Waals surface area contributed by atoms with E-state index in [-0.39, 0.29) is 11.3 Å². The van der Waals surface area contributed by atoms with Gasteiger partial charge in [-0.25, -0.2) is 4.79 Å². The molecule has 27 heavy (non-hydrogen) atoms. The Morgan fingerprint density at radius 2 is 1.33 bits per heavy atom. The molecule has 0 aromatic heterocycles. The fraction of sp³-hybridized carbons (Fsp3) is 0.0476. The van der Waals surface area contributed by atoms with Crippen LogP contribution >= 0.6 is 0 Å². The highest BCUT2D eigenvalue weighted by Crippen LogP contribution is 2.29. The lowest BCUT2D eigenvalue weighted by atomic mass is 10.1. The molecule has 0 heterocycles. The molecule has 0 unspecified atom stereocenters. The number of hydrogen-bond donors (Lipinski definition) is 3. The van der Waals surface area contributed by atoms with E-state index in [4.69, 9.17) is 4.74 Å². The minimum absolute atomic E-state index is 0.0287. The lowest BCUT2D eigenvalue weighted by Gasteiger charge is -2.15. The van der Waals surface area contributed by atoms with Gasteiger partial charge in [0.2, 0.25) is 0 Å². The number of ether oxygens (including phenoxy) is 1. The van der Waals surface area contributed by atoms with Crippen LogP contribution in [0.25, 0.3) is 0 Å². The first-order chi connectivity index (χ1) is 13.1. The van der Waals surface area contributed by atoms with Crippen LogP contribution in [-0.4, -0.2) is 24.1 Å². The Balaban J connectivity index is 1.90. The van der Waals surface area contributed by atoms with Crippen LogP contribution < -0.4 is 15.4 Å². The van der Waals surface area contributed by atoms with Crippen LogP contribution in [0.1, 0.15) is 20.7 Å². The molecule has 0 saturated carbocycles. The Morgan fingerprint density at radius 3 is 2.00 bits per heavy atom. The summed E-state index contributed by atoms with van der Waals surface area (Å²) in [6, 6.07) is 20.6. The van der Waals surface area contributed by atoms with E-state index in [1.807, 2.05) is 24.3 Å². The molecular weight excluding hydrogens is 344 g/mol. The highest BCUT2D eigenvalue weighted by molar-refractivity contribution is 6.10. The number of methoxy groups -OCH3 is 1. The smallest absolute Gasteiger partial charge is 0.337 e. The second kappa shape index (κ2) is 8.05. The molecule has 3 N–H and O–H groups in total. The van der Waals surface area contributed by atoms with Gasteiger partial charge in [0, 0.05) is 0 Å². The van der Waals surface area contributed by atoms with Crippen LogP contribution in [0.2, 0.25) is 0 Å². The van der Waals surface area contributed by atoms with Gasteiger partial charge in [-0.2, -0.15) is 0 Å². The summed E-state index contributed by atoms with van der Waals surface area (Å²) in [5.74, 6) is -0.878. The summed E-state index contributed by atoms with van der Waals surface area (Å²) in [5.41, 5.74) is 1.94. The first-order valence-corrected chi connectivity index (χ1v) is 8.23. The number of nitrogens with one attached hydrogen (secondary N) is 2. The number of carboxylic acid groups (broad SMARTS) is 1. The number of amides is 1. The average molecular weight is 362 g/mol. The summed E-state index contributed by atoms with van der Waals surface area (Å²) in [4.78, 5) is 24.1. The first-order valence-electron chi connectivity index (χ1n) is 8.23. The second-order valence-electron chi connectivity index (χ2n) is 5.68. The van der Waals surface area contributed by atoms with Gasteiger partial charge in [0.15, 0.2) is 0 Å². The summed E-state index contributed by atoms with van der Waals surface area (Å²) < 4.78 is 5.33. The van der Waals surface area contributed by atoms with Crippen molar-refractivity contribution in [1.29, 1.82) is 0 Å². The maximum atomic E-state index is 12.8. The van der Waals surface area contributed by atoms with E-state index in [1.165, 1.54) is 6.07 Å². The maximum absolute atomic E-state index is 12.8. The van der Waals surface area contributed by atoms with Gasteiger partial charge >= 0.3 is 5.97 Å². The SMILES string of the molecule is COc1ccccc1Nc1ccccc1C(=O)Nc1ccccc1C(=O)O. The number of aromatic carboxylic acids is 1. The summed E-state index contributed by atoms with van der Waals surface area (Å²) >= 11 is 0. The quantitative estimate of drug-likeness (QED) is 0.605. The zero-order valence-electron chi connectivity index (χ0n) is 14.6. The van der Waals surface area contributed by atoms with Gasteiger partial charge in [-0.15, -0.1) is 0 Å². The van der Waals surface area contributed by atoms with E-state index in [9.17, 15) is 14.7 Å². The third-order valence-corrected chi connectivity index (χ3v) is 3.95. The summed E-state index contributed by atoms with van der Waals surface area (Å²) in [7, 11) is 1.57. The van der Waals surface area contributed by atoms with Crippen LogP contribution in [0, 0.1) is 0 Å². The molecule has 3 aromatic carbocycles. The van der Waals surface area contributed by atoms with E-state index in [0.717, 1.165) is 0 Å². The molecule has 0 aliphatic carbocycles. The van der Waals surface area contributed by atoms with Crippen LogP contribution in [0.4, 0.5) is 17.1 Å². The molecule has 0 aliphatic rings. The van der Waals surface area contributed by atoms with E-state index >= 15 is 0 Å². The molecule has 0 atom stereocenters. The number of carbonyl (C=O) groups excluding carboxylic acids is 1. The lowest BCUT2D eigenvalue weighted by Crippen LogP contribution is -2.16. The summed E-state index contributed by atoms with van der Waals surface area (Å²) in [6.45, 7) is 0. The molecule has 0 bridgehead atoms. The van der Waals surface area contributed by atoms with E-state index < -0.39 is 11.9 Å². The molecule has 3 rings (SSSR count). The summed E-state index contributed by atoms with van der Waals surface area (Å²) in [6.07, 6.45) is 0. The number of rotatable bonds is 6. The van der Waals surface area contributed by atoms with Crippen molar-refractivity contribution in [2.24, 2.45) is 0 Å². The zero-order valence-corrected chi connectivity index (χ0v) is 14.6. The van der Waals surface area contributed by atoms with Gasteiger partial charge < -0.3 is 20.5 Å². The van der Waals surface area contributed by atoms with Crippen molar-refractivity contribution in [3.8, 4) is 5.75 Å². The van der Waals surface area contributed by atoms with Crippen molar-refractivity contribution in [2.45, 2.75) is 0 Å². The molecule has 0 fully saturated rings. The van der Waals surface area contributed by atoms with Crippen LogP contribution in [0.5, 0.6) is 5.75 Å². The largest absolute Gasteiger partial charge is 0.495 e. The molecule has 1 amide bonds. The van der Waals surface area contributed by atoms with Crippen molar-refractivity contribution < 1.29 is 19.4 Å². The average Bonchev–Trinajstić information content (AvgIpc) is 2.69. The van der Waals surface area contributed by atoms with Crippen molar-refractivity contribution >= 4 is 28.9 Å². The van der Waals surface area contributed by atoms with Gasteiger partial charge in [0.25, 0.3) is 5.91 Å². The first kappa shape index (κ1) is 18.0. The predicted molar refractivity (Wildman–Crippen MR) is 104 cm³/mol. The van der Waals surface area contributed by atoms with Crippen LogP contribution in [0.3, 0.4) is 0 Å². The Labute approximate surface area is 156 Å². The van der Waals surface area contributed by atoms with Crippen LogP contribution in [0.15, 0.2) is 72.8 Å². The lowest BCUT2D eigenvalue weighted by molar-refractivity contribution is 0.0698. The Hall–Kier alpha value is -3.80. The van der Waals surface area contributed by atoms with Gasteiger partial charge in [-0.05, 0) is 36.4 Å². The molecule has 3 aromatic rings. The third kappa shape index (κ3) is 4.07. The predicted octanol–water partition coefficient (Wildman–Crippen LogP) is 4.39. The number of para-hydroxylation sites is 4. The Morgan fingerprint density at radius 1 is 0.778 bits per heavy atom.